The zero-order valence-electron chi connectivity index (χ0n) is 18.0. The van der Waals surface area contributed by atoms with Crippen LogP contribution in [0.25, 0.3) is 10.9 Å². The number of carbonyl (C=O) groups is 2. The van der Waals surface area contributed by atoms with Crippen LogP contribution < -0.4 is 5.32 Å². The van der Waals surface area contributed by atoms with Crippen molar-refractivity contribution in [2.45, 2.75) is 26.1 Å². The molecule has 8 nitrogen and oxygen atoms in total. The highest BCUT2D eigenvalue weighted by Gasteiger charge is 2.32. The number of amides is 2. The van der Waals surface area contributed by atoms with Crippen molar-refractivity contribution in [3.63, 3.8) is 0 Å². The van der Waals surface area contributed by atoms with Crippen LogP contribution in [0.3, 0.4) is 0 Å². The maximum Gasteiger partial charge on any atom is 0.271 e. The van der Waals surface area contributed by atoms with E-state index in [9.17, 15) is 9.59 Å². The molecule has 5 rings (SSSR count). The maximum absolute atomic E-state index is 13.4. The quantitative estimate of drug-likeness (QED) is 0.542. The van der Waals surface area contributed by atoms with Crippen molar-refractivity contribution >= 4 is 22.7 Å². The van der Waals surface area contributed by atoms with Crippen LogP contribution in [0.15, 0.2) is 61.1 Å². The molecule has 3 aromatic heterocycles. The first-order valence-corrected chi connectivity index (χ1v) is 10.6. The van der Waals surface area contributed by atoms with Crippen LogP contribution in [0.2, 0.25) is 0 Å². The van der Waals surface area contributed by atoms with Gasteiger partial charge in [0.05, 0.1) is 23.8 Å². The van der Waals surface area contributed by atoms with Crippen LogP contribution in [0.5, 0.6) is 0 Å². The standard InChI is InChI=1S/C24H24N6O2/c1-16-22-27-20(23(31)26-13-17-7-5-6-10-25-17)15-29(22)11-12-30(16)24(32)19-14-28(2)21-9-4-3-8-18(19)21/h3-10,14-16H,11-13H2,1-2H3,(H,26,31)/t16-/m1/s1. The normalized spacial score (nSPS) is 15.6. The van der Waals surface area contributed by atoms with Gasteiger partial charge in [0.15, 0.2) is 0 Å². The zero-order valence-corrected chi connectivity index (χ0v) is 18.0. The van der Waals surface area contributed by atoms with Crippen LogP contribution in [0.1, 0.15) is 45.3 Å². The van der Waals surface area contributed by atoms with E-state index in [1.165, 1.54) is 0 Å². The van der Waals surface area contributed by atoms with Gasteiger partial charge in [-0.15, -0.1) is 0 Å². The molecule has 1 atom stereocenters. The predicted octanol–water partition coefficient (Wildman–Crippen LogP) is 2.92. The van der Waals surface area contributed by atoms with E-state index in [1.54, 1.807) is 12.4 Å². The van der Waals surface area contributed by atoms with Crippen LogP contribution in [-0.2, 0) is 20.1 Å². The molecule has 0 fully saturated rings. The summed E-state index contributed by atoms with van der Waals surface area (Å²) < 4.78 is 3.94. The Morgan fingerprint density at radius 3 is 2.72 bits per heavy atom. The van der Waals surface area contributed by atoms with Crippen LogP contribution in [-0.4, -0.2) is 42.4 Å². The number of nitrogens with zero attached hydrogens (tertiary/aromatic N) is 5. The molecule has 4 aromatic rings. The fourth-order valence-electron chi connectivity index (χ4n) is 4.31. The molecule has 1 aromatic carbocycles. The smallest absolute Gasteiger partial charge is 0.271 e. The molecule has 0 bridgehead atoms. The second kappa shape index (κ2) is 7.96. The molecular formula is C24H24N6O2. The van der Waals surface area contributed by atoms with E-state index in [4.69, 9.17) is 0 Å². The lowest BCUT2D eigenvalue weighted by atomic mass is 10.1. The minimum absolute atomic E-state index is 0.0234. The van der Waals surface area contributed by atoms with E-state index in [0.717, 1.165) is 16.6 Å². The van der Waals surface area contributed by atoms with Crippen molar-refractivity contribution in [3.8, 4) is 0 Å². The van der Waals surface area contributed by atoms with Crippen molar-refractivity contribution in [2.75, 3.05) is 6.54 Å². The third kappa shape index (κ3) is 3.43. The van der Waals surface area contributed by atoms with Gasteiger partial charge in [-0.05, 0) is 25.1 Å². The number of benzene rings is 1. The number of pyridine rings is 1. The zero-order chi connectivity index (χ0) is 22.2. The molecule has 32 heavy (non-hydrogen) atoms. The van der Waals surface area contributed by atoms with Gasteiger partial charge in [0.2, 0.25) is 0 Å². The highest BCUT2D eigenvalue weighted by molar-refractivity contribution is 6.07. The number of carbonyl (C=O) groups excluding carboxylic acids is 2. The molecule has 162 valence electrons. The van der Waals surface area contributed by atoms with E-state index in [-0.39, 0.29) is 17.9 Å². The number of nitrogens with one attached hydrogen (secondary N) is 1. The van der Waals surface area contributed by atoms with E-state index in [0.29, 0.717) is 36.7 Å². The van der Waals surface area contributed by atoms with Gasteiger partial charge in [0, 0.05) is 49.6 Å². The number of rotatable bonds is 4. The number of hydrogen-bond donors (Lipinski definition) is 1. The lowest BCUT2D eigenvalue weighted by molar-refractivity contribution is 0.0639. The number of aromatic nitrogens is 4. The van der Waals surface area contributed by atoms with Gasteiger partial charge >= 0.3 is 0 Å². The maximum atomic E-state index is 13.4. The van der Waals surface area contributed by atoms with E-state index in [2.05, 4.69) is 15.3 Å². The van der Waals surface area contributed by atoms with Gasteiger partial charge in [0.1, 0.15) is 11.5 Å². The lowest BCUT2D eigenvalue weighted by Gasteiger charge is -2.33. The van der Waals surface area contributed by atoms with Crippen molar-refractivity contribution < 1.29 is 9.59 Å². The summed E-state index contributed by atoms with van der Waals surface area (Å²) in [5.74, 6) is 0.439. The van der Waals surface area contributed by atoms with Gasteiger partial charge in [-0.3, -0.25) is 14.6 Å². The van der Waals surface area contributed by atoms with E-state index < -0.39 is 0 Å². The molecule has 0 radical (unpaired) electrons. The Kier molecular flexibility index (Phi) is 4.97. The summed E-state index contributed by atoms with van der Waals surface area (Å²) in [5, 5.41) is 3.80. The number of hydrogen-bond acceptors (Lipinski definition) is 4. The Labute approximate surface area is 185 Å². The largest absolute Gasteiger partial charge is 0.350 e. The molecule has 0 saturated heterocycles. The Hall–Kier alpha value is -3.94. The third-order valence-electron chi connectivity index (χ3n) is 6.01. The van der Waals surface area contributed by atoms with Crippen molar-refractivity contribution in [1.29, 1.82) is 0 Å². The van der Waals surface area contributed by atoms with Crippen molar-refractivity contribution in [1.82, 2.24) is 29.3 Å². The number of imidazole rings is 1. The molecule has 0 aliphatic carbocycles. The topological polar surface area (TPSA) is 85.1 Å². The predicted molar refractivity (Wildman–Crippen MR) is 120 cm³/mol. The SMILES string of the molecule is C[C@@H]1c2nc(C(=O)NCc3ccccn3)cn2CCN1C(=O)c1cn(C)c2ccccc12. The van der Waals surface area contributed by atoms with Crippen molar-refractivity contribution in [3.05, 3.63) is 83.8 Å². The first-order valence-electron chi connectivity index (χ1n) is 10.6. The number of aryl methyl sites for hydroxylation is 1. The summed E-state index contributed by atoms with van der Waals surface area (Å²) in [6.07, 6.45) is 5.34. The molecule has 1 aliphatic heterocycles. The summed E-state index contributed by atoms with van der Waals surface area (Å²) in [6, 6.07) is 13.2. The molecule has 0 saturated carbocycles. The van der Waals surface area contributed by atoms with Gasteiger partial charge in [0.25, 0.3) is 11.8 Å². The Morgan fingerprint density at radius 1 is 1.09 bits per heavy atom. The molecule has 1 aliphatic rings. The number of para-hydroxylation sites is 1. The first-order chi connectivity index (χ1) is 15.5. The summed E-state index contributed by atoms with van der Waals surface area (Å²) in [6.45, 7) is 3.44. The second-order valence-electron chi connectivity index (χ2n) is 8.03. The van der Waals surface area contributed by atoms with E-state index >= 15 is 0 Å². The molecular weight excluding hydrogens is 404 g/mol. The minimum Gasteiger partial charge on any atom is -0.350 e. The van der Waals surface area contributed by atoms with Gasteiger partial charge in [-0.2, -0.15) is 0 Å². The molecule has 0 unspecified atom stereocenters. The Morgan fingerprint density at radius 2 is 1.91 bits per heavy atom. The lowest BCUT2D eigenvalue weighted by Crippen LogP contribution is -2.41. The summed E-state index contributed by atoms with van der Waals surface area (Å²) in [7, 11) is 1.95. The van der Waals surface area contributed by atoms with Crippen molar-refractivity contribution in [2.24, 2.45) is 7.05 Å². The average Bonchev–Trinajstić information content (AvgIpc) is 3.40. The fourth-order valence-corrected chi connectivity index (χ4v) is 4.31. The van der Waals surface area contributed by atoms with Gasteiger partial charge in [-0.25, -0.2) is 4.98 Å². The first kappa shape index (κ1) is 20.0. The Balaban J connectivity index is 1.35. The molecule has 8 heteroatoms. The summed E-state index contributed by atoms with van der Waals surface area (Å²) in [4.78, 5) is 36.7. The van der Waals surface area contributed by atoms with Crippen LogP contribution >= 0.6 is 0 Å². The van der Waals surface area contributed by atoms with Gasteiger partial charge < -0.3 is 19.4 Å². The van der Waals surface area contributed by atoms with E-state index in [1.807, 2.05) is 76.7 Å². The molecule has 0 spiro atoms. The average molecular weight is 428 g/mol. The fraction of sp³-hybridized carbons (Fsp3) is 0.250. The second-order valence-corrected chi connectivity index (χ2v) is 8.03. The minimum atomic E-state index is -0.253. The summed E-state index contributed by atoms with van der Waals surface area (Å²) >= 11 is 0. The third-order valence-corrected chi connectivity index (χ3v) is 6.01. The van der Waals surface area contributed by atoms with Crippen LogP contribution in [0, 0.1) is 0 Å². The van der Waals surface area contributed by atoms with Gasteiger partial charge in [-0.1, -0.05) is 24.3 Å². The molecule has 1 N–H and O–H groups in total. The highest BCUT2D eigenvalue weighted by Crippen LogP contribution is 2.29. The Bertz CT molecular complexity index is 1310. The molecule has 2 amide bonds. The molecule has 4 heterocycles. The summed E-state index contributed by atoms with van der Waals surface area (Å²) in [5.41, 5.74) is 2.84. The monoisotopic (exact) mass is 428 g/mol. The van der Waals surface area contributed by atoms with Crippen LogP contribution in [0.4, 0.5) is 0 Å². The highest BCUT2D eigenvalue weighted by atomic mass is 16.2. The number of fused-ring (bicyclic) bond motifs is 2.